The number of carbonyl (C=O) groups is 1. The standard InChI is InChI=1S/C25H26N4OS/c1-27(2)16-17-28-15-14-19-18-20(12-13-22(19)28)29(25(26)30)23-10-6-7-11-24(23)31-21-8-4-3-5-9-21/h3-15,18H,16-17H2,1-2H3,(H2,26,30). The van der Waals surface area contributed by atoms with Gasteiger partial charge in [-0.3, -0.25) is 4.90 Å². The maximum Gasteiger partial charge on any atom is 0.323 e. The monoisotopic (exact) mass is 430 g/mol. The summed E-state index contributed by atoms with van der Waals surface area (Å²) in [5, 5.41) is 1.08. The molecule has 0 fully saturated rings. The lowest BCUT2D eigenvalue weighted by molar-refractivity contribution is 0.256. The summed E-state index contributed by atoms with van der Waals surface area (Å²) in [6.45, 7) is 1.87. The topological polar surface area (TPSA) is 54.5 Å². The van der Waals surface area contributed by atoms with Crippen LogP contribution in [0.15, 0.2) is 94.9 Å². The minimum atomic E-state index is -0.507. The zero-order valence-corrected chi connectivity index (χ0v) is 18.5. The molecule has 5 nitrogen and oxygen atoms in total. The maximum absolute atomic E-state index is 12.6. The molecular weight excluding hydrogens is 404 g/mol. The summed E-state index contributed by atoms with van der Waals surface area (Å²) in [7, 11) is 4.14. The summed E-state index contributed by atoms with van der Waals surface area (Å²) in [5.41, 5.74) is 8.53. The van der Waals surface area contributed by atoms with Crippen LogP contribution in [0.1, 0.15) is 0 Å². The number of fused-ring (bicyclic) bond motifs is 1. The van der Waals surface area contributed by atoms with Gasteiger partial charge in [0, 0.05) is 40.0 Å². The molecule has 2 amide bonds. The van der Waals surface area contributed by atoms with E-state index in [1.165, 1.54) is 0 Å². The fourth-order valence-electron chi connectivity index (χ4n) is 3.56. The summed E-state index contributed by atoms with van der Waals surface area (Å²) in [4.78, 5) is 18.4. The molecule has 3 aromatic carbocycles. The molecule has 158 valence electrons. The fourth-order valence-corrected chi connectivity index (χ4v) is 4.52. The van der Waals surface area contributed by atoms with Gasteiger partial charge in [-0.1, -0.05) is 42.1 Å². The van der Waals surface area contributed by atoms with Gasteiger partial charge >= 0.3 is 6.03 Å². The molecule has 1 aromatic heterocycles. The van der Waals surface area contributed by atoms with Gasteiger partial charge in [0.15, 0.2) is 0 Å². The molecule has 0 bridgehead atoms. The maximum atomic E-state index is 12.6. The number of benzene rings is 3. The first-order valence-corrected chi connectivity index (χ1v) is 11.0. The average molecular weight is 431 g/mol. The number of carbonyl (C=O) groups excluding carboxylic acids is 1. The number of nitrogens with two attached hydrogens (primary N) is 1. The van der Waals surface area contributed by atoms with Crippen molar-refractivity contribution in [3.05, 3.63) is 85.1 Å². The van der Waals surface area contributed by atoms with Gasteiger partial charge in [0.05, 0.1) is 11.4 Å². The van der Waals surface area contributed by atoms with Crippen molar-refractivity contribution in [2.45, 2.75) is 16.3 Å². The number of likely N-dealkylation sites (N-methyl/N-ethyl adjacent to an activating group) is 1. The van der Waals surface area contributed by atoms with E-state index in [-0.39, 0.29) is 0 Å². The Morgan fingerprint density at radius 1 is 0.968 bits per heavy atom. The number of hydrogen-bond acceptors (Lipinski definition) is 3. The molecule has 1 heterocycles. The largest absolute Gasteiger partial charge is 0.351 e. The molecule has 4 rings (SSSR count). The van der Waals surface area contributed by atoms with Crippen molar-refractivity contribution in [1.29, 1.82) is 0 Å². The average Bonchev–Trinajstić information content (AvgIpc) is 3.16. The Hall–Kier alpha value is -3.22. The lowest BCUT2D eigenvalue weighted by Crippen LogP contribution is -2.31. The number of aromatic nitrogens is 1. The van der Waals surface area contributed by atoms with Crippen LogP contribution in [0.4, 0.5) is 16.2 Å². The van der Waals surface area contributed by atoms with Gasteiger partial charge in [-0.25, -0.2) is 4.79 Å². The van der Waals surface area contributed by atoms with Crippen LogP contribution in [0, 0.1) is 0 Å². The van der Waals surface area contributed by atoms with Gasteiger partial charge in [-0.15, -0.1) is 0 Å². The van der Waals surface area contributed by atoms with Crippen molar-refractivity contribution < 1.29 is 4.79 Å². The summed E-state index contributed by atoms with van der Waals surface area (Å²) >= 11 is 1.61. The number of hydrogen-bond donors (Lipinski definition) is 1. The van der Waals surface area contributed by atoms with Crippen molar-refractivity contribution >= 4 is 40.1 Å². The number of anilines is 2. The van der Waals surface area contributed by atoms with Crippen LogP contribution < -0.4 is 10.6 Å². The number of nitrogens with zero attached hydrogens (tertiary/aromatic N) is 3. The zero-order valence-electron chi connectivity index (χ0n) is 17.7. The molecule has 0 spiro atoms. The van der Waals surface area contributed by atoms with Crippen LogP contribution in [0.25, 0.3) is 10.9 Å². The molecule has 0 atom stereocenters. The lowest BCUT2D eigenvalue weighted by Gasteiger charge is -2.23. The van der Waals surface area contributed by atoms with Gasteiger partial charge in [0.1, 0.15) is 0 Å². The van der Waals surface area contributed by atoms with E-state index in [0.717, 1.165) is 45.2 Å². The van der Waals surface area contributed by atoms with E-state index in [1.807, 2.05) is 54.6 Å². The summed E-state index contributed by atoms with van der Waals surface area (Å²) in [6.07, 6.45) is 2.09. The molecule has 0 aliphatic rings. The molecule has 0 aliphatic carbocycles. The predicted molar refractivity (Wildman–Crippen MR) is 129 cm³/mol. The third kappa shape index (κ3) is 4.76. The third-order valence-electron chi connectivity index (χ3n) is 5.10. The second-order valence-electron chi connectivity index (χ2n) is 7.61. The molecule has 6 heteroatoms. The van der Waals surface area contributed by atoms with Crippen molar-refractivity contribution in [1.82, 2.24) is 9.47 Å². The Morgan fingerprint density at radius 3 is 2.45 bits per heavy atom. The molecule has 0 saturated carbocycles. The molecule has 0 radical (unpaired) electrons. The number of para-hydroxylation sites is 1. The van der Waals surface area contributed by atoms with Crippen LogP contribution in [0.5, 0.6) is 0 Å². The van der Waals surface area contributed by atoms with Crippen molar-refractivity contribution in [2.24, 2.45) is 5.73 Å². The third-order valence-corrected chi connectivity index (χ3v) is 6.17. The lowest BCUT2D eigenvalue weighted by atomic mass is 10.2. The van der Waals surface area contributed by atoms with E-state index in [9.17, 15) is 4.79 Å². The Labute approximate surface area is 187 Å². The molecule has 4 aromatic rings. The number of amides is 2. The van der Waals surface area contributed by atoms with Crippen LogP contribution >= 0.6 is 11.8 Å². The van der Waals surface area contributed by atoms with E-state index < -0.39 is 6.03 Å². The number of urea groups is 1. The Bertz CT molecular complexity index is 1190. The minimum Gasteiger partial charge on any atom is -0.351 e. The van der Waals surface area contributed by atoms with Gasteiger partial charge in [0.2, 0.25) is 0 Å². The van der Waals surface area contributed by atoms with Crippen LogP contribution in [0.3, 0.4) is 0 Å². The summed E-state index contributed by atoms with van der Waals surface area (Å²) < 4.78 is 2.23. The second-order valence-corrected chi connectivity index (χ2v) is 8.73. The summed E-state index contributed by atoms with van der Waals surface area (Å²) in [5.74, 6) is 0. The van der Waals surface area contributed by atoms with E-state index >= 15 is 0 Å². The predicted octanol–water partition coefficient (Wildman–Crippen LogP) is 5.57. The zero-order chi connectivity index (χ0) is 21.8. The van der Waals surface area contributed by atoms with Gasteiger partial charge in [-0.05, 0) is 62.6 Å². The Balaban J connectivity index is 1.70. The van der Waals surface area contributed by atoms with Crippen LogP contribution in [-0.4, -0.2) is 36.1 Å². The van der Waals surface area contributed by atoms with Gasteiger partial charge < -0.3 is 15.2 Å². The first kappa shape index (κ1) is 21.0. The molecular formula is C25H26N4OS. The van der Waals surface area contributed by atoms with Crippen molar-refractivity contribution in [2.75, 3.05) is 25.5 Å². The smallest absolute Gasteiger partial charge is 0.323 e. The minimum absolute atomic E-state index is 0.507. The normalized spacial score (nSPS) is 11.2. The highest BCUT2D eigenvalue weighted by molar-refractivity contribution is 7.99. The Kier molecular flexibility index (Phi) is 6.30. The van der Waals surface area contributed by atoms with E-state index in [0.29, 0.717) is 0 Å². The Morgan fingerprint density at radius 2 is 1.71 bits per heavy atom. The second kappa shape index (κ2) is 9.29. The first-order chi connectivity index (χ1) is 15.0. The number of primary amides is 1. The van der Waals surface area contributed by atoms with E-state index in [2.05, 4.69) is 54.0 Å². The fraction of sp³-hybridized carbons (Fsp3) is 0.160. The van der Waals surface area contributed by atoms with Gasteiger partial charge in [0.25, 0.3) is 0 Å². The SMILES string of the molecule is CN(C)CCn1ccc2cc(N(C(N)=O)c3ccccc3Sc3ccccc3)ccc21. The molecule has 2 N–H and O–H groups in total. The van der Waals surface area contributed by atoms with E-state index in [4.69, 9.17) is 5.73 Å². The first-order valence-electron chi connectivity index (χ1n) is 10.2. The van der Waals surface area contributed by atoms with Crippen molar-refractivity contribution in [3.8, 4) is 0 Å². The molecule has 31 heavy (non-hydrogen) atoms. The van der Waals surface area contributed by atoms with Gasteiger partial charge in [-0.2, -0.15) is 0 Å². The molecule has 0 unspecified atom stereocenters. The quantitative estimate of drug-likeness (QED) is 0.417. The van der Waals surface area contributed by atoms with Crippen LogP contribution in [0.2, 0.25) is 0 Å². The van der Waals surface area contributed by atoms with Crippen LogP contribution in [-0.2, 0) is 6.54 Å². The highest BCUT2D eigenvalue weighted by Gasteiger charge is 2.19. The highest BCUT2D eigenvalue weighted by atomic mass is 32.2. The highest BCUT2D eigenvalue weighted by Crippen LogP contribution is 2.38. The van der Waals surface area contributed by atoms with Crippen molar-refractivity contribution in [3.63, 3.8) is 0 Å². The number of rotatable bonds is 7. The van der Waals surface area contributed by atoms with E-state index in [1.54, 1.807) is 16.7 Å². The molecule has 0 aliphatic heterocycles. The molecule has 0 saturated heterocycles. The summed E-state index contributed by atoms with van der Waals surface area (Å²) in [6, 6.07) is 25.6.